The van der Waals surface area contributed by atoms with E-state index < -0.39 is 5.97 Å². The van der Waals surface area contributed by atoms with Gasteiger partial charge in [-0.25, -0.2) is 0 Å². The highest BCUT2D eigenvalue weighted by Gasteiger charge is 2.32. The second kappa shape index (κ2) is 10.2. The second-order valence-electron chi connectivity index (χ2n) is 8.88. The molecule has 2 heterocycles. The summed E-state index contributed by atoms with van der Waals surface area (Å²) in [5.41, 5.74) is 0. The molecule has 0 aromatic heterocycles. The minimum absolute atomic E-state index is 0.0635. The number of rotatable bonds is 6. The molecule has 7 nitrogen and oxygen atoms in total. The third-order valence-electron chi connectivity index (χ3n) is 6.76. The van der Waals surface area contributed by atoms with Gasteiger partial charge in [0.15, 0.2) is 0 Å². The Kier molecular flexibility index (Phi) is 7.71. The average molecular weight is 394 g/mol. The van der Waals surface area contributed by atoms with E-state index in [-0.39, 0.29) is 36.1 Å². The van der Waals surface area contributed by atoms with Crippen LogP contribution in [0.2, 0.25) is 0 Å². The van der Waals surface area contributed by atoms with E-state index in [9.17, 15) is 14.4 Å². The van der Waals surface area contributed by atoms with Crippen molar-refractivity contribution < 1.29 is 19.5 Å². The smallest absolute Gasteiger partial charge is 0.303 e. The summed E-state index contributed by atoms with van der Waals surface area (Å²) in [6, 6.07) is 0.208. The Morgan fingerprint density at radius 2 is 1.46 bits per heavy atom. The van der Waals surface area contributed by atoms with Crippen molar-refractivity contribution in [2.24, 2.45) is 17.8 Å². The van der Waals surface area contributed by atoms with E-state index >= 15 is 0 Å². The van der Waals surface area contributed by atoms with E-state index in [1.165, 1.54) is 0 Å². The lowest BCUT2D eigenvalue weighted by Gasteiger charge is -2.36. The van der Waals surface area contributed by atoms with Gasteiger partial charge in [-0.15, -0.1) is 0 Å². The summed E-state index contributed by atoms with van der Waals surface area (Å²) in [5.74, 6) is 0.421. The first-order valence-electron chi connectivity index (χ1n) is 11.0. The molecule has 2 saturated heterocycles. The van der Waals surface area contributed by atoms with Crippen LogP contribution in [0.3, 0.4) is 0 Å². The maximum atomic E-state index is 12.8. The fourth-order valence-corrected chi connectivity index (χ4v) is 4.98. The molecule has 0 radical (unpaired) electrons. The summed E-state index contributed by atoms with van der Waals surface area (Å²) in [7, 11) is 0. The number of amides is 2. The molecule has 0 aromatic rings. The van der Waals surface area contributed by atoms with Crippen molar-refractivity contribution in [1.82, 2.24) is 15.5 Å². The molecule has 0 aromatic carbocycles. The number of carboxylic acid groups (broad SMARTS) is 1. The van der Waals surface area contributed by atoms with Gasteiger partial charge >= 0.3 is 5.97 Å². The van der Waals surface area contributed by atoms with Crippen LogP contribution in [0.1, 0.15) is 64.2 Å². The Labute approximate surface area is 167 Å². The normalized spacial score (nSPS) is 27.4. The molecule has 0 spiro atoms. The van der Waals surface area contributed by atoms with Crippen molar-refractivity contribution >= 4 is 17.8 Å². The van der Waals surface area contributed by atoms with E-state index in [4.69, 9.17) is 5.11 Å². The lowest BCUT2D eigenvalue weighted by atomic mass is 9.84. The van der Waals surface area contributed by atoms with Gasteiger partial charge in [0.2, 0.25) is 11.8 Å². The van der Waals surface area contributed by atoms with Crippen molar-refractivity contribution in [3.05, 3.63) is 0 Å². The van der Waals surface area contributed by atoms with E-state index in [2.05, 4.69) is 10.6 Å². The number of carbonyl (C=O) groups is 3. The van der Waals surface area contributed by atoms with Crippen molar-refractivity contribution in [3.63, 3.8) is 0 Å². The van der Waals surface area contributed by atoms with Crippen LogP contribution in [0.5, 0.6) is 0 Å². The van der Waals surface area contributed by atoms with E-state index in [0.29, 0.717) is 25.4 Å². The highest BCUT2D eigenvalue weighted by Crippen LogP contribution is 2.29. The van der Waals surface area contributed by atoms with Gasteiger partial charge in [0.05, 0.1) is 0 Å². The number of carbonyl (C=O) groups excluding carboxylic acids is 2. The summed E-state index contributed by atoms with van der Waals surface area (Å²) in [6.07, 6.45) is 8.03. The summed E-state index contributed by atoms with van der Waals surface area (Å²) in [4.78, 5) is 37.9. The Bertz CT molecular complexity index is 546. The molecule has 2 aliphatic heterocycles. The lowest BCUT2D eigenvalue weighted by molar-refractivity contribution is -0.139. The first-order chi connectivity index (χ1) is 13.5. The molecule has 3 N–H and O–H groups in total. The van der Waals surface area contributed by atoms with Crippen molar-refractivity contribution in [1.29, 1.82) is 0 Å². The van der Waals surface area contributed by atoms with Gasteiger partial charge in [-0.1, -0.05) is 0 Å². The van der Waals surface area contributed by atoms with E-state index in [0.717, 1.165) is 64.5 Å². The number of hydrogen-bond acceptors (Lipinski definition) is 4. The Morgan fingerprint density at radius 1 is 0.857 bits per heavy atom. The van der Waals surface area contributed by atoms with Gasteiger partial charge in [-0.3, -0.25) is 14.4 Å². The summed E-state index contributed by atoms with van der Waals surface area (Å²) < 4.78 is 0. The SMILES string of the molecule is O=C(O)CC1CCN(C(=O)C2CCC(NC(=O)CC3CCNCC3)CC2)CC1. The minimum atomic E-state index is -0.745. The first kappa shape index (κ1) is 21.1. The van der Waals surface area contributed by atoms with Crippen LogP contribution in [-0.4, -0.2) is 60.0 Å². The number of hydrogen-bond donors (Lipinski definition) is 3. The van der Waals surface area contributed by atoms with E-state index in [1.807, 2.05) is 4.90 Å². The second-order valence-corrected chi connectivity index (χ2v) is 8.88. The van der Waals surface area contributed by atoms with Crippen molar-refractivity contribution in [2.75, 3.05) is 26.2 Å². The largest absolute Gasteiger partial charge is 0.481 e. The zero-order valence-electron chi connectivity index (χ0n) is 16.8. The summed E-state index contributed by atoms with van der Waals surface area (Å²) in [6.45, 7) is 3.39. The molecule has 3 fully saturated rings. The molecule has 0 atom stereocenters. The fourth-order valence-electron chi connectivity index (χ4n) is 4.98. The Hall–Kier alpha value is -1.63. The first-order valence-corrected chi connectivity index (χ1v) is 11.0. The maximum Gasteiger partial charge on any atom is 0.303 e. The maximum absolute atomic E-state index is 12.8. The molecule has 0 bridgehead atoms. The molecule has 28 heavy (non-hydrogen) atoms. The number of aliphatic carboxylic acids is 1. The predicted octanol–water partition coefficient (Wildman–Crippen LogP) is 1.76. The van der Waals surface area contributed by atoms with Crippen LogP contribution < -0.4 is 10.6 Å². The third kappa shape index (κ3) is 6.19. The predicted molar refractivity (Wildman–Crippen MR) is 106 cm³/mol. The van der Waals surface area contributed by atoms with Gasteiger partial charge in [0, 0.05) is 37.9 Å². The van der Waals surface area contributed by atoms with Gasteiger partial charge in [-0.05, 0) is 76.3 Å². The Balaban J connectivity index is 1.35. The quantitative estimate of drug-likeness (QED) is 0.639. The zero-order chi connectivity index (χ0) is 19.9. The number of carboxylic acids is 1. The monoisotopic (exact) mass is 393 g/mol. The van der Waals surface area contributed by atoms with E-state index in [1.54, 1.807) is 0 Å². The van der Waals surface area contributed by atoms with Crippen LogP contribution in [0.15, 0.2) is 0 Å². The summed E-state index contributed by atoms with van der Waals surface area (Å²) in [5, 5.41) is 15.4. The van der Waals surface area contributed by atoms with Crippen molar-refractivity contribution in [2.45, 2.75) is 70.3 Å². The highest BCUT2D eigenvalue weighted by molar-refractivity contribution is 5.79. The molecule has 1 saturated carbocycles. The molecule has 7 heteroatoms. The molecule has 158 valence electrons. The van der Waals surface area contributed by atoms with Crippen LogP contribution in [0.25, 0.3) is 0 Å². The molecule has 1 aliphatic carbocycles. The van der Waals surface area contributed by atoms with Gasteiger partial charge < -0.3 is 20.6 Å². The standard InChI is InChI=1S/C21H35N3O4/c25-19(13-15-5-9-22-10-6-15)23-18-3-1-17(2-4-18)21(28)24-11-7-16(8-12-24)14-20(26)27/h15-18,22H,1-14H2,(H,23,25)(H,26,27). The van der Waals surface area contributed by atoms with Gasteiger partial charge in [0.25, 0.3) is 0 Å². The van der Waals surface area contributed by atoms with Crippen LogP contribution in [0, 0.1) is 17.8 Å². The molecule has 0 unspecified atom stereocenters. The topological polar surface area (TPSA) is 98.7 Å². The molecular formula is C21H35N3O4. The van der Waals surface area contributed by atoms with Gasteiger partial charge in [-0.2, -0.15) is 0 Å². The lowest BCUT2D eigenvalue weighted by Crippen LogP contribution is -2.45. The van der Waals surface area contributed by atoms with Crippen LogP contribution in [0.4, 0.5) is 0 Å². The number of piperidine rings is 2. The highest BCUT2D eigenvalue weighted by atomic mass is 16.4. The van der Waals surface area contributed by atoms with Gasteiger partial charge in [0.1, 0.15) is 0 Å². The molecule has 2 amide bonds. The summed E-state index contributed by atoms with van der Waals surface area (Å²) >= 11 is 0. The molecule has 3 aliphatic rings. The molecular weight excluding hydrogens is 358 g/mol. The zero-order valence-corrected chi connectivity index (χ0v) is 16.8. The number of likely N-dealkylation sites (tertiary alicyclic amines) is 1. The fraction of sp³-hybridized carbons (Fsp3) is 0.857. The molecule has 3 rings (SSSR count). The minimum Gasteiger partial charge on any atom is -0.481 e. The van der Waals surface area contributed by atoms with Crippen LogP contribution in [-0.2, 0) is 14.4 Å². The number of nitrogens with one attached hydrogen (secondary N) is 2. The van der Waals surface area contributed by atoms with Crippen molar-refractivity contribution in [3.8, 4) is 0 Å². The third-order valence-corrected chi connectivity index (χ3v) is 6.76. The van der Waals surface area contributed by atoms with Crippen LogP contribution >= 0.6 is 0 Å². The number of nitrogens with zero attached hydrogens (tertiary/aromatic N) is 1. The average Bonchev–Trinajstić information content (AvgIpc) is 2.69. The Morgan fingerprint density at radius 3 is 2.07 bits per heavy atom.